The number of esters is 1. The van der Waals surface area contributed by atoms with Crippen molar-refractivity contribution in [3.8, 4) is 0 Å². The number of nitrogens with one attached hydrogen (secondary N) is 1. The summed E-state index contributed by atoms with van der Waals surface area (Å²) >= 11 is 0. The number of likely N-dealkylation sites (tertiary alicyclic amines) is 1. The van der Waals surface area contributed by atoms with Gasteiger partial charge in [0.05, 0.1) is 18.6 Å². The highest BCUT2D eigenvalue weighted by Crippen LogP contribution is 2.53. The van der Waals surface area contributed by atoms with Crippen LogP contribution < -0.4 is 15.1 Å². The SMILES string of the molecule is CCN(CC)c1ccc(N2CC=C[C@@]34O[C@H]5/C=C\CCC(=O)NC[C@H](C)OC(=O)[C@H]5[C@@H]3C(=O)N(CCCO)[C@H]4C2=O)cc1. The number of ether oxygens (including phenoxy) is 2. The molecule has 0 bridgehead atoms. The number of benzene rings is 1. The number of anilines is 2. The third-order valence-electron chi connectivity index (χ3n) is 8.88. The van der Waals surface area contributed by atoms with E-state index in [2.05, 4.69) is 24.1 Å². The summed E-state index contributed by atoms with van der Waals surface area (Å²) in [6.45, 7) is 7.98. The molecule has 1 spiro atoms. The molecule has 1 aromatic carbocycles. The molecule has 6 atom stereocenters. The lowest BCUT2D eigenvalue weighted by molar-refractivity contribution is -0.158. The zero-order chi connectivity index (χ0) is 30.7. The van der Waals surface area contributed by atoms with E-state index in [0.717, 1.165) is 18.8 Å². The van der Waals surface area contributed by atoms with Crippen molar-refractivity contribution in [2.45, 2.75) is 63.9 Å². The highest BCUT2D eigenvalue weighted by Gasteiger charge is 2.71. The van der Waals surface area contributed by atoms with Gasteiger partial charge in [-0.1, -0.05) is 24.3 Å². The van der Waals surface area contributed by atoms with Crippen LogP contribution in [0.25, 0.3) is 0 Å². The largest absolute Gasteiger partial charge is 0.460 e. The zero-order valence-corrected chi connectivity index (χ0v) is 25.1. The number of allylic oxidation sites excluding steroid dienone is 1. The smallest absolute Gasteiger partial charge is 0.313 e. The van der Waals surface area contributed by atoms with E-state index in [1.165, 1.54) is 4.90 Å². The highest BCUT2D eigenvalue weighted by molar-refractivity contribution is 6.05. The van der Waals surface area contributed by atoms with Crippen molar-refractivity contribution in [1.82, 2.24) is 10.2 Å². The first-order chi connectivity index (χ1) is 20.7. The first-order valence-corrected chi connectivity index (χ1v) is 15.3. The molecule has 5 rings (SSSR count). The number of fused-ring (bicyclic) bond motifs is 2. The van der Waals surface area contributed by atoms with E-state index in [1.807, 2.05) is 30.3 Å². The van der Waals surface area contributed by atoms with Gasteiger partial charge in [0.25, 0.3) is 5.91 Å². The zero-order valence-electron chi connectivity index (χ0n) is 25.1. The lowest BCUT2D eigenvalue weighted by Crippen LogP contribution is -2.55. The second-order valence-corrected chi connectivity index (χ2v) is 11.5. The molecular formula is C32H42N4O7. The maximum atomic E-state index is 14.5. The third-order valence-corrected chi connectivity index (χ3v) is 8.88. The van der Waals surface area contributed by atoms with Crippen LogP contribution >= 0.6 is 0 Å². The van der Waals surface area contributed by atoms with E-state index in [4.69, 9.17) is 9.47 Å². The van der Waals surface area contributed by atoms with Crippen LogP contribution in [0.2, 0.25) is 0 Å². The Morgan fingerprint density at radius 1 is 1.07 bits per heavy atom. The molecule has 0 aromatic heterocycles. The van der Waals surface area contributed by atoms with Crippen molar-refractivity contribution in [3.63, 3.8) is 0 Å². The fourth-order valence-electron chi connectivity index (χ4n) is 6.81. The van der Waals surface area contributed by atoms with E-state index in [9.17, 15) is 24.3 Å². The number of hydrogen-bond acceptors (Lipinski definition) is 8. The van der Waals surface area contributed by atoms with E-state index in [0.29, 0.717) is 12.1 Å². The molecule has 4 aliphatic heterocycles. The number of carbonyl (C=O) groups excluding carboxylic acids is 4. The molecule has 0 aliphatic carbocycles. The van der Waals surface area contributed by atoms with Crippen LogP contribution in [0.5, 0.6) is 0 Å². The summed E-state index contributed by atoms with van der Waals surface area (Å²) in [5.74, 6) is -3.42. The lowest BCUT2D eigenvalue weighted by atomic mass is 9.78. The number of aliphatic hydroxyl groups excluding tert-OH is 1. The Bertz CT molecular complexity index is 1280. The van der Waals surface area contributed by atoms with E-state index >= 15 is 0 Å². The van der Waals surface area contributed by atoms with Crippen LogP contribution in [0.15, 0.2) is 48.6 Å². The van der Waals surface area contributed by atoms with E-state index < -0.39 is 41.7 Å². The van der Waals surface area contributed by atoms with Gasteiger partial charge in [-0.05, 0) is 57.9 Å². The Kier molecular flexibility index (Phi) is 9.22. The number of cyclic esters (lactones) is 1. The first-order valence-electron chi connectivity index (χ1n) is 15.3. The molecule has 0 saturated carbocycles. The molecule has 1 aromatic rings. The predicted octanol–water partition coefficient (Wildman–Crippen LogP) is 1.80. The number of aliphatic hydroxyl groups is 1. The fraction of sp³-hybridized carbons (Fsp3) is 0.562. The summed E-state index contributed by atoms with van der Waals surface area (Å²) < 4.78 is 12.4. The van der Waals surface area contributed by atoms with Gasteiger partial charge >= 0.3 is 5.97 Å². The standard InChI is InChI=1S/C32H42N4O7/c1-4-34(5-2)22-12-14-23(15-13-22)35-17-8-16-32-27(29(39)36(18-9-19-37)28(32)30(35)40)26-24(43-32)10-6-7-11-25(38)33-20-21(3)42-31(26)41/h6,8,10,12-16,21,24,26-28,37H,4-5,7,9,11,17-20H2,1-3H3,(H,33,38)/b10-6-/t21-,24-,26+,27+,28-,32+/m0/s1. The molecule has 11 heteroatoms. The van der Waals surface area contributed by atoms with Crippen molar-refractivity contribution < 1.29 is 33.8 Å². The number of rotatable bonds is 7. The molecule has 4 aliphatic rings. The Morgan fingerprint density at radius 2 is 1.81 bits per heavy atom. The van der Waals surface area contributed by atoms with Gasteiger partial charge in [0, 0.05) is 50.6 Å². The number of amides is 3. The van der Waals surface area contributed by atoms with Crippen LogP contribution in [0.1, 0.15) is 40.0 Å². The average Bonchev–Trinajstić information content (AvgIpc) is 3.38. The van der Waals surface area contributed by atoms with Crippen LogP contribution in [0.4, 0.5) is 11.4 Å². The molecule has 11 nitrogen and oxygen atoms in total. The topological polar surface area (TPSA) is 129 Å². The Hall–Kier alpha value is -3.70. The summed E-state index contributed by atoms with van der Waals surface area (Å²) in [6.07, 6.45) is 6.64. The molecule has 43 heavy (non-hydrogen) atoms. The second kappa shape index (κ2) is 12.9. The van der Waals surface area contributed by atoms with Crippen molar-refractivity contribution >= 4 is 35.1 Å². The van der Waals surface area contributed by atoms with Gasteiger partial charge in [0.2, 0.25) is 11.8 Å². The van der Waals surface area contributed by atoms with Gasteiger partial charge in [-0.25, -0.2) is 0 Å². The number of carbonyl (C=O) groups is 4. The minimum absolute atomic E-state index is 0.140. The summed E-state index contributed by atoms with van der Waals surface area (Å²) in [5, 5.41) is 12.4. The maximum Gasteiger partial charge on any atom is 0.313 e. The quantitative estimate of drug-likeness (QED) is 0.361. The van der Waals surface area contributed by atoms with Crippen molar-refractivity contribution in [2.75, 3.05) is 49.1 Å². The minimum atomic E-state index is -1.41. The van der Waals surface area contributed by atoms with Crippen LogP contribution in [0.3, 0.4) is 0 Å². The normalized spacial score (nSPS) is 31.7. The summed E-state index contributed by atoms with van der Waals surface area (Å²) in [5.41, 5.74) is 0.333. The number of nitrogens with zero attached hydrogens (tertiary/aromatic N) is 3. The van der Waals surface area contributed by atoms with Crippen molar-refractivity contribution in [1.29, 1.82) is 0 Å². The predicted molar refractivity (Wildman–Crippen MR) is 160 cm³/mol. The third kappa shape index (κ3) is 5.68. The summed E-state index contributed by atoms with van der Waals surface area (Å²) in [6, 6.07) is 6.74. The molecule has 2 N–H and O–H groups in total. The van der Waals surface area contributed by atoms with Crippen LogP contribution in [-0.2, 0) is 28.7 Å². The Labute approximate surface area is 252 Å². The molecule has 2 fully saturated rings. The molecule has 2 saturated heterocycles. The molecule has 0 radical (unpaired) electrons. The second-order valence-electron chi connectivity index (χ2n) is 11.5. The van der Waals surface area contributed by atoms with Crippen molar-refractivity contribution in [3.05, 3.63) is 48.6 Å². The van der Waals surface area contributed by atoms with E-state index in [1.54, 1.807) is 30.1 Å². The van der Waals surface area contributed by atoms with E-state index in [-0.39, 0.29) is 56.8 Å². The van der Waals surface area contributed by atoms with Gasteiger partial charge in [-0.15, -0.1) is 0 Å². The fourth-order valence-corrected chi connectivity index (χ4v) is 6.81. The van der Waals surface area contributed by atoms with Crippen LogP contribution in [0, 0.1) is 11.8 Å². The molecule has 232 valence electrons. The Morgan fingerprint density at radius 3 is 2.51 bits per heavy atom. The molecule has 3 amide bonds. The lowest BCUT2D eigenvalue weighted by Gasteiger charge is -2.35. The van der Waals surface area contributed by atoms with Gasteiger partial charge < -0.3 is 34.6 Å². The molecular weight excluding hydrogens is 552 g/mol. The monoisotopic (exact) mass is 594 g/mol. The summed E-state index contributed by atoms with van der Waals surface area (Å²) in [4.78, 5) is 59.8. The number of hydrogen-bond donors (Lipinski definition) is 2. The summed E-state index contributed by atoms with van der Waals surface area (Å²) in [7, 11) is 0. The minimum Gasteiger partial charge on any atom is -0.460 e. The molecule has 4 heterocycles. The van der Waals surface area contributed by atoms with Gasteiger partial charge in [0.15, 0.2) is 0 Å². The Balaban J connectivity index is 1.54. The van der Waals surface area contributed by atoms with Crippen LogP contribution in [-0.4, -0.2) is 96.9 Å². The van der Waals surface area contributed by atoms with Gasteiger partial charge in [0.1, 0.15) is 23.7 Å². The van der Waals surface area contributed by atoms with Crippen molar-refractivity contribution in [2.24, 2.45) is 11.8 Å². The average molecular weight is 595 g/mol. The van der Waals surface area contributed by atoms with Gasteiger partial charge in [-0.2, -0.15) is 0 Å². The van der Waals surface area contributed by atoms with Gasteiger partial charge in [-0.3, -0.25) is 19.2 Å². The highest BCUT2D eigenvalue weighted by atomic mass is 16.6. The molecule has 0 unspecified atom stereocenters. The maximum absolute atomic E-state index is 14.5. The first kappa shape index (κ1) is 30.7.